The number of halogens is 3. The molecule has 1 aromatic carbocycles. The molecule has 0 aromatic heterocycles. The summed E-state index contributed by atoms with van der Waals surface area (Å²) in [4.78, 5) is 30.6. The maximum absolute atomic E-state index is 13.6. The molecule has 0 radical (unpaired) electrons. The van der Waals surface area contributed by atoms with Crippen molar-refractivity contribution < 1.29 is 22.8 Å². The van der Waals surface area contributed by atoms with E-state index in [4.69, 9.17) is 0 Å². The molecule has 0 N–H and O–H groups in total. The number of nitrogens with zero attached hydrogens (tertiary/aromatic N) is 2. The van der Waals surface area contributed by atoms with Crippen molar-refractivity contribution >= 4 is 11.8 Å². The van der Waals surface area contributed by atoms with Gasteiger partial charge in [-0.25, -0.2) is 0 Å². The van der Waals surface area contributed by atoms with Crippen LogP contribution in [0.25, 0.3) is 0 Å². The van der Waals surface area contributed by atoms with Crippen LogP contribution in [0.15, 0.2) is 24.3 Å². The Hall–Kier alpha value is -2.05. The number of carbonyl (C=O) groups is 2. The van der Waals surface area contributed by atoms with Crippen LogP contribution in [0.1, 0.15) is 68.4 Å². The molecular weight excluding hydrogens is 405 g/mol. The van der Waals surface area contributed by atoms with Gasteiger partial charge in [-0.1, -0.05) is 31.0 Å². The van der Waals surface area contributed by atoms with Gasteiger partial charge in [-0.15, -0.1) is 0 Å². The fourth-order valence-corrected chi connectivity index (χ4v) is 6.12. The van der Waals surface area contributed by atoms with Crippen molar-refractivity contribution in [1.82, 2.24) is 9.80 Å². The van der Waals surface area contributed by atoms with E-state index < -0.39 is 11.7 Å². The van der Waals surface area contributed by atoms with Crippen LogP contribution in [0.5, 0.6) is 0 Å². The lowest BCUT2D eigenvalue weighted by molar-refractivity contribution is -0.146. The number of rotatable bonds is 3. The Morgan fingerprint density at radius 2 is 1.68 bits per heavy atom. The lowest BCUT2D eigenvalue weighted by Gasteiger charge is -2.35. The largest absolute Gasteiger partial charge is 0.416 e. The van der Waals surface area contributed by atoms with Crippen LogP contribution >= 0.6 is 0 Å². The molecule has 168 valence electrons. The van der Waals surface area contributed by atoms with E-state index in [0.29, 0.717) is 17.9 Å². The minimum Gasteiger partial charge on any atom is -0.341 e. The smallest absolute Gasteiger partial charge is 0.341 e. The number of carbonyl (C=O) groups excluding carboxylic acids is 2. The lowest BCUT2D eigenvalue weighted by atomic mass is 9.84. The average Bonchev–Trinajstić information content (AvgIpc) is 3.19. The molecule has 5 rings (SSSR count). The Morgan fingerprint density at radius 3 is 2.42 bits per heavy atom. The van der Waals surface area contributed by atoms with Gasteiger partial charge in [-0.05, 0) is 62.0 Å². The highest BCUT2D eigenvalue weighted by molar-refractivity contribution is 5.91. The highest BCUT2D eigenvalue weighted by Gasteiger charge is 2.54. The monoisotopic (exact) mass is 434 g/mol. The molecule has 4 fully saturated rings. The fraction of sp³-hybridized carbons (Fsp3) is 0.667. The van der Waals surface area contributed by atoms with E-state index in [9.17, 15) is 22.8 Å². The molecule has 0 bridgehead atoms. The van der Waals surface area contributed by atoms with Gasteiger partial charge in [0.25, 0.3) is 0 Å². The Kier molecular flexibility index (Phi) is 5.25. The molecule has 2 aliphatic heterocycles. The maximum atomic E-state index is 13.6. The molecule has 31 heavy (non-hydrogen) atoms. The Labute approximate surface area is 180 Å². The number of alkyl halides is 3. The topological polar surface area (TPSA) is 40.6 Å². The first-order valence-electron chi connectivity index (χ1n) is 11.6. The van der Waals surface area contributed by atoms with Gasteiger partial charge >= 0.3 is 6.18 Å². The molecule has 2 saturated heterocycles. The van der Waals surface area contributed by atoms with Crippen LogP contribution in [0.4, 0.5) is 13.2 Å². The quantitative estimate of drug-likeness (QED) is 0.698. The van der Waals surface area contributed by atoms with Crippen LogP contribution in [0.3, 0.4) is 0 Å². The van der Waals surface area contributed by atoms with Gasteiger partial charge < -0.3 is 9.80 Å². The second-order valence-electron chi connectivity index (χ2n) is 9.71. The van der Waals surface area contributed by atoms with Gasteiger partial charge in [0.15, 0.2) is 0 Å². The standard InChI is InChI=1S/C24H29F3N2O2/c25-24(26,27)17-8-5-7-15(12-17)18-14-19(18)22(30)29-20-9-2-1-6-16(20)13-21(29)23(31)28-10-3-4-11-28/h5,7-8,12,16,18-21H,1-4,6,9-11,13-14H2/t16-,18-,19+,20-,21-/m0/s1. The molecule has 5 atom stereocenters. The molecule has 2 amide bonds. The zero-order valence-electron chi connectivity index (χ0n) is 17.6. The first-order chi connectivity index (χ1) is 14.8. The minimum absolute atomic E-state index is 0.0191. The minimum atomic E-state index is -4.39. The van der Waals surface area contributed by atoms with Gasteiger partial charge in [0.05, 0.1) is 5.56 Å². The molecule has 0 spiro atoms. The predicted molar refractivity (Wildman–Crippen MR) is 109 cm³/mol. The van der Waals surface area contributed by atoms with Crippen LogP contribution in [-0.2, 0) is 15.8 Å². The van der Waals surface area contributed by atoms with Crippen molar-refractivity contribution in [3.8, 4) is 0 Å². The van der Waals surface area contributed by atoms with E-state index in [1.54, 1.807) is 6.07 Å². The van der Waals surface area contributed by atoms with Crippen LogP contribution in [0, 0.1) is 11.8 Å². The summed E-state index contributed by atoms with van der Waals surface area (Å²) in [7, 11) is 0. The molecule has 4 nitrogen and oxygen atoms in total. The molecule has 2 heterocycles. The summed E-state index contributed by atoms with van der Waals surface area (Å²) in [5.74, 6) is -0.0519. The van der Waals surface area contributed by atoms with E-state index in [1.807, 2.05) is 9.80 Å². The summed E-state index contributed by atoms with van der Waals surface area (Å²) < 4.78 is 39.3. The second kappa shape index (κ2) is 7.82. The Morgan fingerprint density at radius 1 is 0.935 bits per heavy atom. The molecule has 1 aromatic rings. The van der Waals surface area contributed by atoms with Gasteiger partial charge in [-0.2, -0.15) is 13.2 Å². The molecular formula is C24H29F3N2O2. The summed E-state index contributed by atoms with van der Waals surface area (Å²) in [6.45, 7) is 1.53. The van der Waals surface area contributed by atoms with Gasteiger partial charge in [0.1, 0.15) is 6.04 Å². The summed E-state index contributed by atoms with van der Waals surface area (Å²) in [5, 5.41) is 0. The van der Waals surface area contributed by atoms with E-state index in [2.05, 4.69) is 0 Å². The Bertz CT molecular complexity index is 865. The van der Waals surface area contributed by atoms with Crippen LogP contribution < -0.4 is 0 Å². The third kappa shape index (κ3) is 3.85. The highest BCUT2D eigenvalue weighted by Crippen LogP contribution is 2.52. The highest BCUT2D eigenvalue weighted by atomic mass is 19.4. The number of fused-ring (bicyclic) bond motifs is 1. The number of hydrogen-bond acceptors (Lipinski definition) is 2. The van der Waals surface area contributed by atoms with Gasteiger partial charge in [-0.3, -0.25) is 9.59 Å². The second-order valence-corrected chi connectivity index (χ2v) is 9.71. The van der Waals surface area contributed by atoms with Crippen molar-refractivity contribution in [3.63, 3.8) is 0 Å². The number of likely N-dealkylation sites (tertiary alicyclic amines) is 2. The normalized spacial score (nSPS) is 32.8. The van der Waals surface area contributed by atoms with Crippen molar-refractivity contribution in [3.05, 3.63) is 35.4 Å². The van der Waals surface area contributed by atoms with E-state index in [-0.39, 0.29) is 35.7 Å². The van der Waals surface area contributed by atoms with Gasteiger partial charge in [0, 0.05) is 25.0 Å². The SMILES string of the molecule is O=C([C@@H]1C[C@@H]2CCCC[C@@H]2N1C(=O)[C@@H]1C[C@H]1c1cccc(C(F)(F)F)c1)N1CCCC1. The summed E-state index contributed by atoms with van der Waals surface area (Å²) >= 11 is 0. The molecule has 4 aliphatic rings. The third-order valence-electron chi connectivity index (χ3n) is 7.80. The molecule has 2 saturated carbocycles. The van der Waals surface area contributed by atoms with E-state index in [0.717, 1.165) is 64.1 Å². The number of benzene rings is 1. The summed E-state index contributed by atoms with van der Waals surface area (Å²) in [6, 6.07) is 5.08. The molecule has 7 heteroatoms. The van der Waals surface area contributed by atoms with Crippen molar-refractivity contribution in [1.29, 1.82) is 0 Å². The first kappa shape index (κ1) is 20.8. The number of hydrogen-bond donors (Lipinski definition) is 0. The van der Waals surface area contributed by atoms with Crippen molar-refractivity contribution in [2.45, 2.75) is 75.5 Å². The van der Waals surface area contributed by atoms with Crippen LogP contribution in [0.2, 0.25) is 0 Å². The number of amides is 2. The molecule has 0 unspecified atom stereocenters. The third-order valence-corrected chi connectivity index (χ3v) is 7.80. The van der Waals surface area contributed by atoms with Crippen molar-refractivity contribution in [2.75, 3.05) is 13.1 Å². The molecule has 2 aliphatic carbocycles. The summed E-state index contributed by atoms with van der Waals surface area (Å²) in [6.07, 6.45) is 3.15. The predicted octanol–water partition coefficient (Wildman–Crippen LogP) is 4.59. The van der Waals surface area contributed by atoms with E-state index >= 15 is 0 Å². The maximum Gasteiger partial charge on any atom is 0.416 e. The van der Waals surface area contributed by atoms with E-state index in [1.165, 1.54) is 12.1 Å². The fourth-order valence-electron chi connectivity index (χ4n) is 6.12. The van der Waals surface area contributed by atoms with Gasteiger partial charge in [0.2, 0.25) is 11.8 Å². The first-order valence-corrected chi connectivity index (χ1v) is 11.6. The van der Waals surface area contributed by atoms with Crippen LogP contribution in [-0.4, -0.2) is 46.8 Å². The summed E-state index contributed by atoms with van der Waals surface area (Å²) in [5.41, 5.74) is -0.0892. The zero-order valence-corrected chi connectivity index (χ0v) is 17.6. The zero-order chi connectivity index (χ0) is 21.8. The lowest BCUT2D eigenvalue weighted by Crippen LogP contribution is -2.50. The van der Waals surface area contributed by atoms with Crippen molar-refractivity contribution in [2.24, 2.45) is 11.8 Å². The average molecular weight is 435 g/mol. The Balaban J connectivity index is 1.36.